The lowest BCUT2D eigenvalue weighted by Gasteiger charge is -2.38. The number of allylic oxidation sites excluding steroid dienone is 2. The third-order valence-electron chi connectivity index (χ3n) is 3.99. The van der Waals surface area contributed by atoms with Crippen LogP contribution >= 0.6 is 0 Å². The van der Waals surface area contributed by atoms with E-state index in [1.54, 1.807) is 6.08 Å². The summed E-state index contributed by atoms with van der Waals surface area (Å²) < 4.78 is 6.06. The second kappa shape index (κ2) is 6.59. The number of hydrogen-bond donors (Lipinski definition) is 2. The van der Waals surface area contributed by atoms with Crippen molar-refractivity contribution in [2.24, 2.45) is 0 Å². The molecule has 0 radical (unpaired) electrons. The van der Waals surface area contributed by atoms with Crippen LogP contribution in [0.4, 0.5) is 0 Å². The molecule has 0 bridgehead atoms. The number of hydrogen-bond acceptors (Lipinski definition) is 3. The first-order chi connectivity index (χ1) is 10.7. The number of aliphatic carboxylic acids is 1. The number of aliphatic hydroxyl groups is 1. The van der Waals surface area contributed by atoms with E-state index in [-0.39, 0.29) is 0 Å². The summed E-state index contributed by atoms with van der Waals surface area (Å²) in [6.07, 6.45) is 5.42. The largest absolute Gasteiger partial charge is 0.485 e. The van der Waals surface area contributed by atoms with Crippen molar-refractivity contribution < 1.29 is 19.7 Å². The van der Waals surface area contributed by atoms with Gasteiger partial charge in [-0.1, -0.05) is 11.6 Å². The van der Waals surface area contributed by atoms with Gasteiger partial charge in [-0.15, -0.1) is 0 Å². The highest BCUT2D eigenvalue weighted by molar-refractivity contribution is 5.85. The van der Waals surface area contributed by atoms with Gasteiger partial charge in [0.25, 0.3) is 0 Å². The number of aliphatic hydroxyl groups excluding tert-OH is 1. The zero-order valence-corrected chi connectivity index (χ0v) is 14.1. The van der Waals surface area contributed by atoms with Gasteiger partial charge in [0.15, 0.2) is 0 Å². The molecule has 0 spiro atoms. The number of carboxylic acids is 1. The van der Waals surface area contributed by atoms with Crippen LogP contribution in [0.2, 0.25) is 0 Å². The summed E-state index contributed by atoms with van der Waals surface area (Å²) >= 11 is 0. The van der Waals surface area contributed by atoms with Gasteiger partial charge in [-0.25, -0.2) is 4.79 Å². The Morgan fingerprint density at radius 2 is 2.09 bits per heavy atom. The van der Waals surface area contributed by atoms with E-state index in [9.17, 15) is 9.90 Å². The molecule has 1 aliphatic rings. The summed E-state index contributed by atoms with van der Waals surface area (Å²) in [7, 11) is 0. The number of benzene rings is 1. The maximum Gasteiger partial charge on any atom is 0.328 e. The SMILES string of the molecule is CC(C)=CCc1cc(/C=C/C(=O)O)cc2c1OC(C)(C)C(O)C2. The van der Waals surface area contributed by atoms with E-state index in [2.05, 4.69) is 6.08 Å². The normalized spacial score (nSPS) is 19.1. The van der Waals surface area contributed by atoms with Gasteiger partial charge in [0.1, 0.15) is 11.4 Å². The molecule has 0 aromatic heterocycles. The summed E-state index contributed by atoms with van der Waals surface area (Å²) in [5, 5.41) is 19.1. The van der Waals surface area contributed by atoms with Gasteiger partial charge >= 0.3 is 5.97 Å². The zero-order valence-electron chi connectivity index (χ0n) is 14.1. The number of ether oxygens (including phenoxy) is 1. The smallest absolute Gasteiger partial charge is 0.328 e. The maximum atomic E-state index is 10.7. The van der Waals surface area contributed by atoms with E-state index in [1.165, 1.54) is 5.57 Å². The second-order valence-corrected chi connectivity index (χ2v) is 6.75. The molecular weight excluding hydrogens is 292 g/mol. The molecule has 1 atom stereocenters. The quantitative estimate of drug-likeness (QED) is 0.660. The Hall–Kier alpha value is -2.07. The maximum absolute atomic E-state index is 10.7. The molecule has 0 amide bonds. The van der Waals surface area contributed by atoms with Crippen molar-refractivity contribution >= 4 is 12.0 Å². The van der Waals surface area contributed by atoms with Crippen LogP contribution in [0.3, 0.4) is 0 Å². The first-order valence-corrected chi connectivity index (χ1v) is 7.76. The van der Waals surface area contributed by atoms with Crippen LogP contribution < -0.4 is 4.74 Å². The van der Waals surface area contributed by atoms with Crippen LogP contribution in [-0.4, -0.2) is 27.9 Å². The highest BCUT2D eigenvalue weighted by Gasteiger charge is 2.36. The average Bonchev–Trinajstić information content (AvgIpc) is 2.44. The number of carboxylic acid groups (broad SMARTS) is 1. The molecular formula is C19H24O4. The van der Waals surface area contributed by atoms with Crippen molar-refractivity contribution in [2.45, 2.75) is 52.2 Å². The Bertz CT molecular complexity index is 664. The van der Waals surface area contributed by atoms with Crippen molar-refractivity contribution in [3.8, 4) is 5.75 Å². The Labute approximate surface area is 137 Å². The molecule has 4 heteroatoms. The molecule has 1 aromatic carbocycles. The third-order valence-corrected chi connectivity index (χ3v) is 3.99. The first kappa shape index (κ1) is 17.3. The number of fused-ring (bicyclic) bond motifs is 1. The van der Waals surface area contributed by atoms with E-state index in [0.29, 0.717) is 12.8 Å². The Morgan fingerprint density at radius 1 is 1.39 bits per heavy atom. The molecule has 0 saturated carbocycles. The third kappa shape index (κ3) is 4.23. The first-order valence-electron chi connectivity index (χ1n) is 7.76. The summed E-state index contributed by atoms with van der Waals surface area (Å²) in [4.78, 5) is 10.7. The molecule has 0 saturated heterocycles. The molecule has 1 aliphatic heterocycles. The summed E-state index contributed by atoms with van der Waals surface area (Å²) in [6, 6.07) is 3.84. The molecule has 0 fully saturated rings. The molecule has 23 heavy (non-hydrogen) atoms. The van der Waals surface area contributed by atoms with Gasteiger partial charge in [0, 0.05) is 12.5 Å². The molecule has 4 nitrogen and oxygen atoms in total. The minimum absolute atomic E-state index is 0.499. The Balaban J connectivity index is 2.49. The average molecular weight is 316 g/mol. The van der Waals surface area contributed by atoms with Crippen molar-refractivity contribution in [1.82, 2.24) is 0 Å². The highest BCUT2D eigenvalue weighted by atomic mass is 16.5. The fraction of sp³-hybridized carbons (Fsp3) is 0.421. The summed E-state index contributed by atoms with van der Waals surface area (Å²) in [6.45, 7) is 7.83. The molecule has 1 heterocycles. The van der Waals surface area contributed by atoms with Gasteiger partial charge in [0.05, 0.1) is 6.10 Å². The van der Waals surface area contributed by atoms with E-state index >= 15 is 0 Å². The lowest BCUT2D eigenvalue weighted by atomic mass is 9.88. The van der Waals surface area contributed by atoms with E-state index in [0.717, 1.165) is 28.5 Å². The van der Waals surface area contributed by atoms with Crippen molar-refractivity contribution in [3.05, 3.63) is 46.5 Å². The molecule has 0 aliphatic carbocycles. The van der Waals surface area contributed by atoms with Crippen molar-refractivity contribution in [2.75, 3.05) is 0 Å². The van der Waals surface area contributed by atoms with E-state index in [1.807, 2.05) is 39.8 Å². The topological polar surface area (TPSA) is 66.8 Å². The van der Waals surface area contributed by atoms with Crippen LogP contribution in [0.15, 0.2) is 29.9 Å². The predicted molar refractivity (Wildman–Crippen MR) is 90.7 cm³/mol. The molecule has 2 rings (SSSR count). The van der Waals surface area contributed by atoms with Gasteiger partial charge in [-0.2, -0.15) is 0 Å². The van der Waals surface area contributed by atoms with Crippen molar-refractivity contribution in [3.63, 3.8) is 0 Å². The molecule has 1 aromatic rings. The Kier molecular flexibility index (Phi) is 4.95. The molecule has 124 valence electrons. The van der Waals surface area contributed by atoms with Crippen LogP contribution in [0, 0.1) is 0 Å². The van der Waals surface area contributed by atoms with Gasteiger partial charge in [0.2, 0.25) is 0 Å². The minimum Gasteiger partial charge on any atom is -0.485 e. The highest BCUT2D eigenvalue weighted by Crippen LogP contribution is 2.37. The summed E-state index contributed by atoms with van der Waals surface area (Å²) in [5.74, 6) is -0.170. The lowest BCUT2D eigenvalue weighted by molar-refractivity contribution is -0.131. The van der Waals surface area contributed by atoms with E-state index in [4.69, 9.17) is 9.84 Å². The van der Waals surface area contributed by atoms with Crippen LogP contribution in [-0.2, 0) is 17.6 Å². The molecule has 1 unspecified atom stereocenters. The standard InChI is InChI=1S/C19H24O4/c1-12(2)5-7-14-9-13(6-8-17(21)22)10-15-11-16(20)19(3,4)23-18(14)15/h5-6,8-10,16,20H,7,11H2,1-4H3,(H,21,22)/b8-6+. The number of carbonyl (C=O) groups is 1. The van der Waals surface area contributed by atoms with Crippen LogP contribution in [0.25, 0.3) is 6.08 Å². The van der Waals surface area contributed by atoms with Crippen LogP contribution in [0.5, 0.6) is 5.75 Å². The van der Waals surface area contributed by atoms with Gasteiger partial charge in [-0.3, -0.25) is 0 Å². The van der Waals surface area contributed by atoms with Gasteiger partial charge in [-0.05, 0) is 69.0 Å². The monoisotopic (exact) mass is 316 g/mol. The minimum atomic E-state index is -0.981. The van der Waals surface area contributed by atoms with E-state index < -0.39 is 17.7 Å². The fourth-order valence-electron chi connectivity index (χ4n) is 2.58. The summed E-state index contributed by atoms with van der Waals surface area (Å²) in [5.41, 5.74) is 3.31. The van der Waals surface area contributed by atoms with Crippen LogP contribution in [0.1, 0.15) is 44.4 Å². The zero-order chi connectivity index (χ0) is 17.2. The fourth-order valence-corrected chi connectivity index (χ4v) is 2.58. The molecule has 2 N–H and O–H groups in total. The lowest BCUT2D eigenvalue weighted by Crippen LogP contribution is -2.46. The second-order valence-electron chi connectivity index (χ2n) is 6.75. The van der Waals surface area contributed by atoms with Crippen molar-refractivity contribution in [1.29, 1.82) is 0 Å². The number of rotatable bonds is 4. The predicted octanol–water partition coefficient (Wildman–Crippen LogP) is 3.37. The van der Waals surface area contributed by atoms with Gasteiger partial charge < -0.3 is 14.9 Å². The Morgan fingerprint density at radius 3 is 2.70 bits per heavy atom.